The summed E-state index contributed by atoms with van der Waals surface area (Å²) in [5.74, 6) is 0.310. The van der Waals surface area contributed by atoms with Gasteiger partial charge in [0.15, 0.2) is 0 Å². The molecule has 2 heterocycles. The number of rotatable bonds is 1. The molecule has 3 aliphatic rings. The molecule has 5 rings (SSSR count). The molecular weight excluding hydrogens is 358 g/mol. The van der Waals surface area contributed by atoms with Gasteiger partial charge < -0.3 is 4.90 Å². The van der Waals surface area contributed by atoms with Crippen LogP contribution in [0, 0.1) is 19.3 Å². The van der Waals surface area contributed by atoms with Gasteiger partial charge in [0.05, 0.1) is 27.8 Å². The second kappa shape index (κ2) is 6.02. The maximum absolute atomic E-state index is 14.2. The number of benzene rings is 1. The highest BCUT2D eigenvalue weighted by Gasteiger charge is 2.73. The van der Waals surface area contributed by atoms with Crippen molar-refractivity contribution in [3.05, 3.63) is 34.6 Å². The number of aryl methyl sites for hydroxylation is 2. The van der Waals surface area contributed by atoms with Crippen LogP contribution in [0.2, 0.25) is 0 Å². The van der Waals surface area contributed by atoms with Gasteiger partial charge in [-0.05, 0) is 68.2 Å². The SMILES string of the molecule is Cc1cc2nc3c(nc2cc1C)C1(C(=O)N2CCCCCC2)CCC3(C)C1(C)C. The highest BCUT2D eigenvalue weighted by Crippen LogP contribution is 2.70. The number of aromatic nitrogens is 2. The average molecular weight is 392 g/mol. The number of amides is 1. The summed E-state index contributed by atoms with van der Waals surface area (Å²) >= 11 is 0. The minimum absolute atomic E-state index is 0.107. The molecule has 0 spiro atoms. The Kier molecular flexibility index (Phi) is 3.95. The van der Waals surface area contributed by atoms with Gasteiger partial charge in [0.25, 0.3) is 0 Å². The van der Waals surface area contributed by atoms with Crippen molar-refractivity contribution in [1.82, 2.24) is 14.9 Å². The summed E-state index contributed by atoms with van der Waals surface area (Å²) in [5.41, 5.74) is 5.59. The summed E-state index contributed by atoms with van der Waals surface area (Å²) in [6.07, 6.45) is 6.61. The number of hydrogen-bond acceptors (Lipinski definition) is 3. The Hall–Kier alpha value is -1.97. The van der Waals surface area contributed by atoms with Crippen LogP contribution in [0.25, 0.3) is 11.0 Å². The van der Waals surface area contributed by atoms with Crippen LogP contribution in [0.3, 0.4) is 0 Å². The summed E-state index contributed by atoms with van der Waals surface area (Å²) in [7, 11) is 0. The van der Waals surface area contributed by atoms with Crippen LogP contribution in [0.1, 0.15) is 81.8 Å². The molecule has 2 aliphatic carbocycles. The molecule has 2 fully saturated rings. The third-order valence-corrected chi connectivity index (χ3v) is 8.91. The van der Waals surface area contributed by atoms with Gasteiger partial charge in [-0.15, -0.1) is 0 Å². The Morgan fingerprint density at radius 2 is 1.41 bits per heavy atom. The van der Waals surface area contributed by atoms with E-state index in [1.54, 1.807) is 0 Å². The fraction of sp³-hybridized carbons (Fsp3) is 0.640. The average Bonchev–Trinajstić information content (AvgIpc) is 2.90. The predicted molar refractivity (Wildman–Crippen MR) is 116 cm³/mol. The van der Waals surface area contributed by atoms with Crippen molar-refractivity contribution < 1.29 is 4.79 Å². The van der Waals surface area contributed by atoms with Crippen molar-refractivity contribution in [2.24, 2.45) is 5.41 Å². The Morgan fingerprint density at radius 3 is 2.00 bits per heavy atom. The highest BCUT2D eigenvalue weighted by molar-refractivity contribution is 5.93. The second-order valence-electron chi connectivity index (χ2n) is 10.4. The Bertz CT molecular complexity index is 1020. The van der Waals surface area contributed by atoms with Gasteiger partial charge in [-0.25, -0.2) is 9.97 Å². The van der Waals surface area contributed by atoms with E-state index in [2.05, 4.69) is 51.7 Å². The topological polar surface area (TPSA) is 46.1 Å². The second-order valence-corrected chi connectivity index (χ2v) is 10.4. The lowest BCUT2D eigenvalue weighted by Gasteiger charge is -2.42. The van der Waals surface area contributed by atoms with Crippen LogP contribution in [-0.2, 0) is 15.6 Å². The van der Waals surface area contributed by atoms with Crippen molar-refractivity contribution in [3.63, 3.8) is 0 Å². The molecule has 1 saturated heterocycles. The number of fused-ring (bicyclic) bond motifs is 6. The van der Waals surface area contributed by atoms with Crippen molar-refractivity contribution in [2.45, 2.75) is 84.0 Å². The molecular formula is C25H33N3O. The van der Waals surface area contributed by atoms with Crippen molar-refractivity contribution in [3.8, 4) is 0 Å². The van der Waals surface area contributed by atoms with Gasteiger partial charge in [0.2, 0.25) is 5.91 Å². The van der Waals surface area contributed by atoms with E-state index in [1.165, 1.54) is 24.0 Å². The van der Waals surface area contributed by atoms with Gasteiger partial charge in [0, 0.05) is 18.5 Å². The molecule has 0 radical (unpaired) electrons. The molecule has 29 heavy (non-hydrogen) atoms. The summed E-state index contributed by atoms with van der Waals surface area (Å²) in [6, 6.07) is 4.30. The zero-order valence-electron chi connectivity index (χ0n) is 18.6. The zero-order chi connectivity index (χ0) is 20.6. The maximum Gasteiger partial charge on any atom is 0.235 e. The van der Waals surface area contributed by atoms with Crippen LogP contribution >= 0.6 is 0 Å². The molecule has 2 atom stereocenters. The molecule has 1 aromatic heterocycles. The molecule has 1 aliphatic heterocycles. The highest BCUT2D eigenvalue weighted by atomic mass is 16.2. The van der Waals surface area contributed by atoms with Gasteiger partial charge in [0.1, 0.15) is 0 Å². The first-order valence-electron chi connectivity index (χ1n) is 11.3. The largest absolute Gasteiger partial charge is 0.342 e. The monoisotopic (exact) mass is 391 g/mol. The minimum atomic E-state index is -0.540. The van der Waals surface area contributed by atoms with Crippen molar-refractivity contribution >= 4 is 16.9 Å². The smallest absolute Gasteiger partial charge is 0.235 e. The van der Waals surface area contributed by atoms with Crippen LogP contribution in [0.4, 0.5) is 0 Å². The van der Waals surface area contributed by atoms with Crippen LogP contribution < -0.4 is 0 Å². The predicted octanol–water partition coefficient (Wildman–Crippen LogP) is 4.98. The maximum atomic E-state index is 14.2. The Balaban J connectivity index is 1.73. The number of carbonyl (C=O) groups excluding carboxylic acids is 1. The number of carbonyl (C=O) groups is 1. The van der Waals surface area contributed by atoms with E-state index in [9.17, 15) is 4.79 Å². The number of nitrogens with zero attached hydrogens (tertiary/aromatic N) is 3. The van der Waals surface area contributed by atoms with Crippen molar-refractivity contribution in [1.29, 1.82) is 0 Å². The quantitative estimate of drug-likeness (QED) is 0.689. The Morgan fingerprint density at radius 1 is 0.862 bits per heavy atom. The van der Waals surface area contributed by atoms with Crippen LogP contribution in [-0.4, -0.2) is 33.9 Å². The number of hydrogen-bond donors (Lipinski definition) is 0. The summed E-state index contributed by atoms with van der Waals surface area (Å²) in [5, 5.41) is 0. The van der Waals surface area contributed by atoms with E-state index in [0.717, 1.165) is 61.2 Å². The van der Waals surface area contributed by atoms with Gasteiger partial charge in [-0.1, -0.05) is 33.6 Å². The lowest BCUT2D eigenvalue weighted by atomic mass is 9.63. The van der Waals surface area contributed by atoms with E-state index in [-0.39, 0.29) is 10.8 Å². The standard InChI is InChI=1S/C25H33N3O/c1-16-14-18-19(15-17(16)2)27-21-20(26-18)24(5)10-11-25(21,23(24,3)4)22(29)28-12-8-6-7-9-13-28/h14-15H,6-13H2,1-5H3. The lowest BCUT2D eigenvalue weighted by molar-refractivity contribution is -0.141. The van der Waals surface area contributed by atoms with Crippen molar-refractivity contribution in [2.75, 3.05) is 13.1 Å². The third kappa shape index (κ3) is 2.23. The molecule has 2 bridgehead atoms. The van der Waals surface area contributed by atoms with E-state index >= 15 is 0 Å². The fourth-order valence-electron chi connectivity index (χ4n) is 6.38. The molecule has 0 N–H and O–H groups in total. The zero-order valence-corrected chi connectivity index (χ0v) is 18.6. The van der Waals surface area contributed by atoms with Gasteiger partial charge >= 0.3 is 0 Å². The summed E-state index contributed by atoms with van der Waals surface area (Å²) in [4.78, 5) is 26.7. The molecule has 1 aromatic carbocycles. The lowest BCUT2D eigenvalue weighted by Crippen LogP contribution is -2.53. The molecule has 1 saturated carbocycles. The molecule has 4 heteroatoms. The molecule has 2 unspecified atom stereocenters. The molecule has 4 nitrogen and oxygen atoms in total. The molecule has 1 amide bonds. The minimum Gasteiger partial charge on any atom is -0.342 e. The summed E-state index contributed by atoms with van der Waals surface area (Å²) in [6.45, 7) is 12.9. The van der Waals surface area contributed by atoms with Crippen LogP contribution in [0.15, 0.2) is 12.1 Å². The normalized spacial score (nSPS) is 30.4. The van der Waals surface area contributed by atoms with Gasteiger partial charge in [-0.3, -0.25) is 4.79 Å². The third-order valence-electron chi connectivity index (χ3n) is 8.91. The molecule has 154 valence electrons. The van der Waals surface area contributed by atoms with E-state index < -0.39 is 5.41 Å². The van der Waals surface area contributed by atoms with E-state index in [0.29, 0.717) is 5.91 Å². The first-order valence-corrected chi connectivity index (χ1v) is 11.3. The molecule has 2 aromatic rings. The Labute approximate surface area is 174 Å². The number of likely N-dealkylation sites (tertiary alicyclic amines) is 1. The first-order chi connectivity index (χ1) is 13.7. The fourth-order valence-corrected chi connectivity index (χ4v) is 6.38. The van der Waals surface area contributed by atoms with Gasteiger partial charge in [-0.2, -0.15) is 0 Å². The first kappa shape index (κ1) is 19.0. The van der Waals surface area contributed by atoms with E-state index in [4.69, 9.17) is 9.97 Å². The summed E-state index contributed by atoms with van der Waals surface area (Å²) < 4.78 is 0. The van der Waals surface area contributed by atoms with E-state index in [1.807, 2.05) is 0 Å². The van der Waals surface area contributed by atoms with Crippen LogP contribution in [0.5, 0.6) is 0 Å².